The molecule has 0 bridgehead atoms. The number of amides is 1. The van der Waals surface area contributed by atoms with Gasteiger partial charge in [-0.15, -0.1) is 0 Å². The molecule has 0 aliphatic heterocycles. The number of nitrogens with one attached hydrogen (secondary N) is 1. The number of halogens is 1. The molecule has 1 amide bonds. The van der Waals surface area contributed by atoms with Crippen molar-refractivity contribution in [2.75, 3.05) is 11.9 Å². The summed E-state index contributed by atoms with van der Waals surface area (Å²) in [6.45, 7) is 4.02. The molecule has 2 N–H and O–H groups in total. The Morgan fingerprint density at radius 2 is 2.16 bits per heavy atom. The summed E-state index contributed by atoms with van der Waals surface area (Å²) in [7, 11) is 0. The number of hydrogen-bond donors (Lipinski definition) is 2. The molecule has 2 aromatic rings. The molecule has 2 aromatic carbocycles. The van der Waals surface area contributed by atoms with Crippen LogP contribution < -0.4 is 10.1 Å². The van der Waals surface area contributed by atoms with Crippen LogP contribution in [0.4, 0.5) is 5.69 Å². The van der Waals surface area contributed by atoms with Gasteiger partial charge in [-0.05, 0) is 55.3 Å². The maximum absolute atomic E-state index is 12.3. The first-order chi connectivity index (χ1) is 11.9. The topological polar surface area (TPSA) is 82.3 Å². The minimum Gasteiger partial charge on any atom is -0.503 e. The van der Waals surface area contributed by atoms with E-state index in [-0.39, 0.29) is 22.1 Å². The van der Waals surface area contributed by atoms with E-state index in [9.17, 15) is 15.2 Å². The molecule has 0 atom stereocenters. The van der Waals surface area contributed by atoms with Crippen LogP contribution in [-0.4, -0.2) is 17.6 Å². The Labute approximate surface area is 151 Å². The normalized spacial score (nSPS) is 10.9. The Bertz CT molecular complexity index is 869. The van der Waals surface area contributed by atoms with Crippen molar-refractivity contribution >= 4 is 29.3 Å². The molecule has 0 saturated heterocycles. The van der Waals surface area contributed by atoms with Gasteiger partial charge in [0.2, 0.25) is 0 Å². The van der Waals surface area contributed by atoms with Crippen LogP contribution in [0.25, 0.3) is 6.08 Å². The average Bonchev–Trinajstić information content (AvgIpc) is 2.57. The highest BCUT2D eigenvalue weighted by atomic mass is 35.5. The number of nitrogens with zero attached hydrogens (tertiary/aromatic N) is 1. The number of carbonyl (C=O) groups excluding carboxylic acids is 1. The van der Waals surface area contributed by atoms with Crippen molar-refractivity contribution in [3.8, 4) is 17.6 Å². The van der Waals surface area contributed by atoms with E-state index in [1.807, 2.05) is 25.1 Å². The number of aromatic hydroxyl groups is 1. The van der Waals surface area contributed by atoms with Crippen molar-refractivity contribution in [3.63, 3.8) is 0 Å². The summed E-state index contributed by atoms with van der Waals surface area (Å²) in [4.78, 5) is 12.3. The highest BCUT2D eigenvalue weighted by molar-refractivity contribution is 6.32. The molecule has 6 heteroatoms. The van der Waals surface area contributed by atoms with Gasteiger partial charge < -0.3 is 15.2 Å². The molecule has 0 aliphatic carbocycles. The highest BCUT2D eigenvalue weighted by Crippen LogP contribution is 2.35. The Hall–Kier alpha value is -2.97. The summed E-state index contributed by atoms with van der Waals surface area (Å²) in [6, 6.07) is 12.1. The number of ether oxygens (including phenoxy) is 1. The van der Waals surface area contributed by atoms with Gasteiger partial charge in [0.05, 0.1) is 11.6 Å². The predicted molar refractivity (Wildman–Crippen MR) is 97.7 cm³/mol. The molecular weight excluding hydrogens is 340 g/mol. The van der Waals surface area contributed by atoms with Crippen molar-refractivity contribution in [1.82, 2.24) is 0 Å². The maximum atomic E-state index is 12.3. The van der Waals surface area contributed by atoms with E-state index in [0.717, 1.165) is 5.56 Å². The first-order valence-corrected chi connectivity index (χ1v) is 7.97. The summed E-state index contributed by atoms with van der Waals surface area (Å²) in [6.07, 6.45) is 1.39. The van der Waals surface area contributed by atoms with E-state index < -0.39 is 5.91 Å². The lowest BCUT2D eigenvalue weighted by atomic mass is 10.1. The second-order valence-electron chi connectivity index (χ2n) is 5.28. The first kappa shape index (κ1) is 18.4. The van der Waals surface area contributed by atoms with Crippen LogP contribution in [0.5, 0.6) is 11.5 Å². The largest absolute Gasteiger partial charge is 0.503 e. The fourth-order valence-electron chi connectivity index (χ4n) is 2.18. The summed E-state index contributed by atoms with van der Waals surface area (Å²) in [5.41, 5.74) is 1.98. The van der Waals surface area contributed by atoms with E-state index in [1.165, 1.54) is 18.2 Å². The summed E-state index contributed by atoms with van der Waals surface area (Å²) in [5.74, 6) is -0.517. The van der Waals surface area contributed by atoms with Crippen LogP contribution >= 0.6 is 11.6 Å². The number of nitriles is 1. The van der Waals surface area contributed by atoms with E-state index >= 15 is 0 Å². The number of phenolic OH excluding ortho intramolecular Hbond substituents is 1. The van der Waals surface area contributed by atoms with Gasteiger partial charge in [-0.2, -0.15) is 5.26 Å². The first-order valence-electron chi connectivity index (χ1n) is 7.59. The van der Waals surface area contributed by atoms with Gasteiger partial charge in [-0.3, -0.25) is 4.79 Å². The summed E-state index contributed by atoms with van der Waals surface area (Å²) >= 11 is 5.97. The summed E-state index contributed by atoms with van der Waals surface area (Å²) in [5, 5.41) is 21.9. The van der Waals surface area contributed by atoms with Crippen molar-refractivity contribution in [2.45, 2.75) is 13.8 Å². The lowest BCUT2D eigenvalue weighted by Gasteiger charge is -2.09. The molecule has 128 valence electrons. The van der Waals surface area contributed by atoms with Crippen LogP contribution in [0, 0.1) is 18.3 Å². The lowest BCUT2D eigenvalue weighted by molar-refractivity contribution is -0.112. The van der Waals surface area contributed by atoms with E-state index in [1.54, 1.807) is 19.1 Å². The SMILES string of the molecule is CCOc1cc(/C=C(\C#N)C(=O)Nc2cccc(C)c2)cc(Cl)c1O. The zero-order valence-corrected chi connectivity index (χ0v) is 14.6. The zero-order valence-electron chi connectivity index (χ0n) is 13.8. The van der Waals surface area contributed by atoms with Crippen molar-refractivity contribution in [2.24, 2.45) is 0 Å². The molecule has 0 heterocycles. The Balaban J connectivity index is 2.30. The van der Waals surface area contributed by atoms with Gasteiger partial charge in [0.25, 0.3) is 5.91 Å². The number of anilines is 1. The quantitative estimate of drug-likeness (QED) is 0.618. The minimum absolute atomic E-state index is 0.0774. The molecule has 0 fully saturated rings. The van der Waals surface area contributed by atoms with Gasteiger partial charge in [-0.25, -0.2) is 0 Å². The molecule has 0 unspecified atom stereocenters. The number of rotatable bonds is 5. The molecule has 5 nitrogen and oxygen atoms in total. The number of hydrogen-bond acceptors (Lipinski definition) is 4. The van der Waals surface area contributed by atoms with Gasteiger partial charge >= 0.3 is 0 Å². The Morgan fingerprint density at radius 3 is 2.80 bits per heavy atom. The predicted octanol–water partition coefficient (Wildman–Crippen LogP) is 4.30. The van der Waals surface area contributed by atoms with Crippen LogP contribution in [0.15, 0.2) is 42.0 Å². The lowest BCUT2D eigenvalue weighted by Crippen LogP contribution is -2.13. The molecular formula is C19H17ClN2O3. The number of phenols is 1. The van der Waals surface area contributed by atoms with Gasteiger partial charge in [-0.1, -0.05) is 23.7 Å². The van der Waals surface area contributed by atoms with Crippen molar-refractivity contribution in [3.05, 3.63) is 58.1 Å². The van der Waals surface area contributed by atoms with E-state index in [4.69, 9.17) is 16.3 Å². The van der Waals surface area contributed by atoms with Gasteiger partial charge in [0.15, 0.2) is 11.5 Å². The Morgan fingerprint density at radius 1 is 1.40 bits per heavy atom. The number of benzene rings is 2. The van der Waals surface area contributed by atoms with Gasteiger partial charge in [0.1, 0.15) is 11.6 Å². The Kier molecular flexibility index (Phi) is 6.04. The molecule has 0 aromatic heterocycles. The van der Waals surface area contributed by atoms with Gasteiger partial charge in [0, 0.05) is 5.69 Å². The number of carbonyl (C=O) groups is 1. The van der Waals surface area contributed by atoms with Crippen LogP contribution in [-0.2, 0) is 4.79 Å². The third-order valence-corrected chi connectivity index (χ3v) is 3.59. The summed E-state index contributed by atoms with van der Waals surface area (Å²) < 4.78 is 5.30. The van der Waals surface area contributed by atoms with Crippen LogP contribution in [0.3, 0.4) is 0 Å². The standard InChI is InChI=1S/C19H17ClN2O3/c1-3-25-17-10-13(9-16(20)18(17)23)8-14(11-21)19(24)22-15-6-4-5-12(2)7-15/h4-10,23H,3H2,1-2H3,(H,22,24)/b14-8+. The highest BCUT2D eigenvalue weighted by Gasteiger charge is 2.13. The number of aryl methyl sites for hydroxylation is 1. The molecule has 0 spiro atoms. The average molecular weight is 357 g/mol. The third kappa shape index (κ3) is 4.75. The van der Waals surface area contributed by atoms with Crippen molar-refractivity contribution < 1.29 is 14.6 Å². The molecule has 2 rings (SSSR count). The second-order valence-corrected chi connectivity index (χ2v) is 5.68. The smallest absolute Gasteiger partial charge is 0.266 e. The molecule has 0 radical (unpaired) electrons. The van der Waals surface area contributed by atoms with E-state index in [2.05, 4.69) is 5.32 Å². The fraction of sp³-hybridized carbons (Fsp3) is 0.158. The van der Waals surface area contributed by atoms with Crippen molar-refractivity contribution in [1.29, 1.82) is 5.26 Å². The monoisotopic (exact) mass is 356 g/mol. The molecule has 0 aliphatic rings. The maximum Gasteiger partial charge on any atom is 0.266 e. The second kappa shape index (κ2) is 8.22. The molecule has 25 heavy (non-hydrogen) atoms. The van der Waals surface area contributed by atoms with E-state index in [0.29, 0.717) is 17.9 Å². The molecule has 0 saturated carbocycles. The van der Waals surface area contributed by atoms with Crippen LogP contribution in [0.2, 0.25) is 5.02 Å². The zero-order chi connectivity index (χ0) is 18.4. The van der Waals surface area contributed by atoms with Crippen LogP contribution in [0.1, 0.15) is 18.1 Å². The third-order valence-electron chi connectivity index (χ3n) is 3.30. The minimum atomic E-state index is -0.532. The fourth-order valence-corrected chi connectivity index (χ4v) is 2.40.